The average molecular weight is 420 g/mol. The van der Waals surface area contributed by atoms with E-state index in [1.807, 2.05) is 62.4 Å². The van der Waals surface area contributed by atoms with Gasteiger partial charge in [-0.1, -0.05) is 64.8 Å². The van der Waals surface area contributed by atoms with E-state index in [4.69, 9.17) is 9.37 Å². The van der Waals surface area contributed by atoms with E-state index in [1.54, 1.807) is 11.9 Å². The van der Waals surface area contributed by atoms with Crippen LogP contribution in [-0.2, 0) is 20.9 Å². The molecule has 8 nitrogen and oxygen atoms in total. The second-order valence-corrected chi connectivity index (χ2v) is 7.74. The Balaban J connectivity index is 1.51. The SMILES string of the molecule is Cc1ccc(-c2nonc2CNC(=O)C2OCC(=O)N(C)C2c2ccc(C)cc2)cc1. The first-order chi connectivity index (χ1) is 14.9. The van der Waals surface area contributed by atoms with Gasteiger partial charge in [0.1, 0.15) is 18.0 Å². The van der Waals surface area contributed by atoms with Crippen molar-refractivity contribution < 1.29 is 19.0 Å². The highest BCUT2D eigenvalue weighted by Gasteiger charge is 2.40. The Morgan fingerprint density at radius 2 is 1.71 bits per heavy atom. The third-order valence-electron chi connectivity index (χ3n) is 5.47. The van der Waals surface area contributed by atoms with Gasteiger partial charge in [0.15, 0.2) is 6.10 Å². The summed E-state index contributed by atoms with van der Waals surface area (Å²) in [6.07, 6.45) is -0.840. The highest BCUT2D eigenvalue weighted by atomic mass is 16.6. The molecule has 160 valence electrons. The zero-order chi connectivity index (χ0) is 22.0. The van der Waals surface area contributed by atoms with Crippen molar-refractivity contribution in [1.29, 1.82) is 0 Å². The van der Waals surface area contributed by atoms with Gasteiger partial charge in [-0.15, -0.1) is 0 Å². The minimum Gasteiger partial charge on any atom is -0.356 e. The van der Waals surface area contributed by atoms with Crippen molar-refractivity contribution in [2.75, 3.05) is 13.7 Å². The molecule has 2 heterocycles. The number of ether oxygens (including phenoxy) is 1. The topological polar surface area (TPSA) is 97.6 Å². The van der Waals surface area contributed by atoms with Crippen molar-refractivity contribution in [3.63, 3.8) is 0 Å². The van der Waals surface area contributed by atoms with Crippen LogP contribution in [0.2, 0.25) is 0 Å². The van der Waals surface area contributed by atoms with Crippen LogP contribution in [0, 0.1) is 13.8 Å². The van der Waals surface area contributed by atoms with Gasteiger partial charge in [0.25, 0.3) is 5.91 Å². The molecule has 31 heavy (non-hydrogen) atoms. The number of morpholine rings is 1. The molecule has 8 heteroatoms. The Hall–Kier alpha value is -3.52. The van der Waals surface area contributed by atoms with E-state index in [1.165, 1.54) is 0 Å². The lowest BCUT2D eigenvalue weighted by molar-refractivity contribution is -0.162. The summed E-state index contributed by atoms with van der Waals surface area (Å²) in [6.45, 7) is 3.97. The third-order valence-corrected chi connectivity index (χ3v) is 5.47. The molecule has 2 atom stereocenters. The number of likely N-dealkylation sites (N-methyl/N-ethyl adjacent to an activating group) is 1. The number of aryl methyl sites for hydroxylation is 2. The Labute approximate surface area is 180 Å². The monoisotopic (exact) mass is 420 g/mol. The summed E-state index contributed by atoms with van der Waals surface area (Å²) in [5.41, 5.74) is 5.01. The lowest BCUT2D eigenvalue weighted by Gasteiger charge is -2.38. The van der Waals surface area contributed by atoms with Crippen molar-refractivity contribution in [1.82, 2.24) is 20.5 Å². The molecule has 2 unspecified atom stereocenters. The molecule has 2 amide bonds. The van der Waals surface area contributed by atoms with Gasteiger partial charge in [0, 0.05) is 12.6 Å². The molecule has 3 aromatic rings. The van der Waals surface area contributed by atoms with Gasteiger partial charge in [0.2, 0.25) is 5.91 Å². The summed E-state index contributed by atoms with van der Waals surface area (Å²) in [5.74, 6) is -0.500. The summed E-state index contributed by atoms with van der Waals surface area (Å²) < 4.78 is 10.6. The third kappa shape index (κ3) is 4.34. The fourth-order valence-electron chi connectivity index (χ4n) is 3.62. The Morgan fingerprint density at radius 1 is 1.06 bits per heavy atom. The normalized spacial score (nSPS) is 18.8. The summed E-state index contributed by atoms with van der Waals surface area (Å²) in [4.78, 5) is 26.8. The predicted molar refractivity (Wildman–Crippen MR) is 113 cm³/mol. The smallest absolute Gasteiger partial charge is 0.252 e. The Bertz CT molecular complexity index is 1080. The minimum atomic E-state index is -0.840. The van der Waals surface area contributed by atoms with Gasteiger partial charge in [-0.25, -0.2) is 4.63 Å². The molecule has 4 rings (SSSR count). The van der Waals surface area contributed by atoms with Crippen LogP contribution in [0.3, 0.4) is 0 Å². The van der Waals surface area contributed by atoms with E-state index in [0.717, 1.165) is 22.3 Å². The van der Waals surface area contributed by atoms with Crippen LogP contribution in [0.4, 0.5) is 0 Å². The zero-order valence-electron chi connectivity index (χ0n) is 17.7. The summed E-state index contributed by atoms with van der Waals surface area (Å²) in [7, 11) is 1.69. The fourth-order valence-corrected chi connectivity index (χ4v) is 3.62. The van der Waals surface area contributed by atoms with Crippen LogP contribution in [0.15, 0.2) is 53.2 Å². The molecular formula is C23H24N4O4. The van der Waals surface area contributed by atoms with Crippen molar-refractivity contribution >= 4 is 11.8 Å². The number of carbonyl (C=O) groups is 2. The van der Waals surface area contributed by atoms with E-state index in [0.29, 0.717) is 11.4 Å². The van der Waals surface area contributed by atoms with Gasteiger partial charge in [0.05, 0.1) is 12.6 Å². The Morgan fingerprint density at radius 3 is 2.39 bits per heavy atom. The molecule has 0 aliphatic carbocycles. The van der Waals surface area contributed by atoms with E-state index >= 15 is 0 Å². The Kier molecular flexibility index (Phi) is 5.81. The highest BCUT2D eigenvalue weighted by Crippen LogP contribution is 2.29. The first-order valence-corrected chi connectivity index (χ1v) is 10.0. The number of aromatic nitrogens is 2. The maximum absolute atomic E-state index is 13.0. The molecule has 1 aliphatic rings. The largest absolute Gasteiger partial charge is 0.356 e. The molecule has 1 fully saturated rings. The number of nitrogens with one attached hydrogen (secondary N) is 1. The molecule has 1 saturated heterocycles. The van der Waals surface area contributed by atoms with E-state index < -0.39 is 12.1 Å². The number of benzene rings is 2. The van der Waals surface area contributed by atoms with Crippen molar-refractivity contribution in [2.24, 2.45) is 0 Å². The summed E-state index contributed by atoms with van der Waals surface area (Å²) >= 11 is 0. The molecule has 0 bridgehead atoms. The maximum Gasteiger partial charge on any atom is 0.252 e. The van der Waals surface area contributed by atoms with Crippen molar-refractivity contribution in [2.45, 2.75) is 32.5 Å². The molecule has 1 N–H and O–H groups in total. The maximum atomic E-state index is 13.0. The number of nitrogens with zero attached hydrogens (tertiary/aromatic N) is 3. The van der Waals surface area contributed by atoms with E-state index in [2.05, 4.69) is 15.6 Å². The van der Waals surface area contributed by atoms with Crippen molar-refractivity contribution in [3.8, 4) is 11.3 Å². The van der Waals surface area contributed by atoms with Gasteiger partial charge >= 0.3 is 0 Å². The lowest BCUT2D eigenvalue weighted by Crippen LogP contribution is -2.52. The molecule has 2 aromatic carbocycles. The van der Waals surface area contributed by atoms with Gasteiger partial charge < -0.3 is 15.0 Å². The predicted octanol–water partition coefficient (Wildman–Crippen LogP) is 2.57. The molecule has 1 aliphatic heterocycles. The molecule has 0 spiro atoms. The first kappa shape index (κ1) is 20.7. The number of carbonyl (C=O) groups excluding carboxylic acids is 2. The van der Waals surface area contributed by atoms with Crippen LogP contribution in [0.5, 0.6) is 0 Å². The summed E-state index contributed by atoms with van der Waals surface area (Å²) in [5, 5.41) is 10.8. The highest BCUT2D eigenvalue weighted by molar-refractivity contribution is 5.86. The van der Waals surface area contributed by atoms with Crippen LogP contribution < -0.4 is 5.32 Å². The number of hydrogen-bond acceptors (Lipinski definition) is 6. The van der Waals surface area contributed by atoms with E-state index in [-0.39, 0.29) is 25.0 Å². The van der Waals surface area contributed by atoms with Crippen LogP contribution >= 0.6 is 0 Å². The van der Waals surface area contributed by atoms with Gasteiger partial charge in [-0.05, 0) is 24.6 Å². The van der Waals surface area contributed by atoms with Crippen LogP contribution in [0.25, 0.3) is 11.3 Å². The number of rotatable bonds is 5. The molecular weight excluding hydrogens is 396 g/mol. The quantitative estimate of drug-likeness (QED) is 0.681. The molecule has 1 aromatic heterocycles. The first-order valence-electron chi connectivity index (χ1n) is 10.0. The summed E-state index contributed by atoms with van der Waals surface area (Å²) in [6, 6.07) is 15.0. The lowest BCUT2D eigenvalue weighted by atomic mass is 9.96. The number of hydrogen-bond donors (Lipinski definition) is 1. The van der Waals surface area contributed by atoms with E-state index in [9.17, 15) is 9.59 Å². The van der Waals surface area contributed by atoms with Crippen molar-refractivity contribution in [3.05, 3.63) is 70.9 Å². The van der Waals surface area contributed by atoms with Gasteiger partial charge in [-0.2, -0.15) is 0 Å². The standard InChI is InChI=1S/C23H24N4O4/c1-14-4-8-16(9-5-14)20-18(25-31-26-20)12-24-23(29)22-21(27(3)19(28)13-30-22)17-10-6-15(2)7-11-17/h4-11,21-22H,12-13H2,1-3H3,(H,24,29). The van der Waals surface area contributed by atoms with Gasteiger partial charge in [-0.3, -0.25) is 9.59 Å². The van der Waals surface area contributed by atoms with Crippen LogP contribution in [0.1, 0.15) is 28.4 Å². The second-order valence-electron chi connectivity index (χ2n) is 7.74. The fraction of sp³-hybridized carbons (Fsp3) is 0.304. The molecule has 0 saturated carbocycles. The van der Waals surface area contributed by atoms with Crippen LogP contribution in [-0.4, -0.2) is 46.8 Å². The number of amides is 2. The molecule has 0 radical (unpaired) electrons. The zero-order valence-corrected chi connectivity index (χ0v) is 17.7. The average Bonchev–Trinajstić information content (AvgIpc) is 3.24. The minimum absolute atomic E-state index is 0.129. The second kappa shape index (κ2) is 8.69.